The molecule has 1 amide bonds. The first-order valence-electron chi connectivity index (χ1n) is 8.42. The van der Waals surface area contributed by atoms with E-state index < -0.39 is 0 Å². The van der Waals surface area contributed by atoms with E-state index in [1.54, 1.807) is 24.3 Å². The van der Waals surface area contributed by atoms with Gasteiger partial charge < -0.3 is 15.4 Å². The van der Waals surface area contributed by atoms with Crippen LogP contribution in [0.5, 0.6) is 0 Å². The minimum Gasteiger partial charge on any atom is -0.384 e. The zero-order valence-electron chi connectivity index (χ0n) is 14.0. The van der Waals surface area contributed by atoms with E-state index in [4.69, 9.17) is 16.3 Å². The second-order valence-corrected chi connectivity index (χ2v) is 6.30. The van der Waals surface area contributed by atoms with E-state index in [0.717, 1.165) is 50.8 Å². The summed E-state index contributed by atoms with van der Waals surface area (Å²) in [5, 5.41) is 6.70. The highest BCUT2D eigenvalue weighted by Gasteiger charge is 2.10. The van der Waals surface area contributed by atoms with Gasteiger partial charge in [-0.1, -0.05) is 23.7 Å². The summed E-state index contributed by atoms with van der Waals surface area (Å²) in [7, 11) is 0. The number of halogens is 1. The van der Waals surface area contributed by atoms with Crippen LogP contribution in [0.15, 0.2) is 48.5 Å². The van der Waals surface area contributed by atoms with Crippen molar-refractivity contribution in [1.29, 1.82) is 0 Å². The molecule has 6 heteroatoms. The lowest BCUT2D eigenvalue weighted by atomic mass is 10.2. The van der Waals surface area contributed by atoms with Crippen LogP contribution in [0.4, 0.5) is 11.4 Å². The van der Waals surface area contributed by atoms with Gasteiger partial charge in [0.1, 0.15) is 0 Å². The zero-order valence-corrected chi connectivity index (χ0v) is 14.8. The van der Waals surface area contributed by atoms with E-state index in [-0.39, 0.29) is 5.91 Å². The molecule has 132 valence electrons. The normalized spacial score (nSPS) is 14.9. The minimum atomic E-state index is -0.210. The third-order valence-corrected chi connectivity index (χ3v) is 4.45. The molecule has 0 unspecified atom stereocenters. The highest BCUT2D eigenvalue weighted by molar-refractivity contribution is 6.34. The second-order valence-electron chi connectivity index (χ2n) is 5.89. The van der Waals surface area contributed by atoms with Crippen LogP contribution in [0, 0.1) is 0 Å². The van der Waals surface area contributed by atoms with E-state index in [9.17, 15) is 4.79 Å². The highest BCUT2D eigenvalue weighted by atomic mass is 35.5. The van der Waals surface area contributed by atoms with Gasteiger partial charge in [-0.15, -0.1) is 0 Å². The van der Waals surface area contributed by atoms with Gasteiger partial charge in [-0.05, 0) is 36.4 Å². The number of nitrogens with zero attached hydrogens (tertiary/aromatic N) is 1. The van der Waals surface area contributed by atoms with E-state index in [2.05, 4.69) is 15.5 Å². The Labute approximate surface area is 152 Å². The molecular formula is C19H22ClN3O2. The lowest BCUT2D eigenvalue weighted by molar-refractivity contribution is 0.0398. The third kappa shape index (κ3) is 5.19. The molecule has 0 saturated carbocycles. The maximum absolute atomic E-state index is 12.2. The van der Waals surface area contributed by atoms with Gasteiger partial charge in [0.25, 0.3) is 5.91 Å². The summed E-state index contributed by atoms with van der Waals surface area (Å²) in [6, 6.07) is 14.7. The molecule has 0 radical (unpaired) electrons. The van der Waals surface area contributed by atoms with Crippen molar-refractivity contribution in [2.45, 2.75) is 0 Å². The van der Waals surface area contributed by atoms with Crippen molar-refractivity contribution in [2.24, 2.45) is 0 Å². The number of rotatable bonds is 6. The van der Waals surface area contributed by atoms with Crippen LogP contribution in [0.25, 0.3) is 0 Å². The Bertz CT molecular complexity index is 700. The summed E-state index contributed by atoms with van der Waals surface area (Å²) in [6.45, 7) is 5.50. The molecule has 1 aliphatic rings. The van der Waals surface area contributed by atoms with Crippen LogP contribution < -0.4 is 10.6 Å². The number of hydrogen-bond donors (Lipinski definition) is 2. The largest absolute Gasteiger partial charge is 0.384 e. The molecule has 0 aromatic heterocycles. The van der Waals surface area contributed by atoms with Crippen LogP contribution in [0.2, 0.25) is 5.02 Å². The molecule has 2 N–H and O–H groups in total. The minimum absolute atomic E-state index is 0.210. The molecule has 25 heavy (non-hydrogen) atoms. The number of carbonyl (C=O) groups excluding carboxylic acids is 1. The molecule has 0 bridgehead atoms. The predicted molar refractivity (Wildman–Crippen MR) is 102 cm³/mol. The molecule has 0 aliphatic carbocycles. The Morgan fingerprint density at radius 1 is 1.04 bits per heavy atom. The van der Waals surface area contributed by atoms with Gasteiger partial charge in [-0.2, -0.15) is 0 Å². The van der Waals surface area contributed by atoms with Crippen molar-refractivity contribution in [2.75, 3.05) is 50.0 Å². The number of ether oxygens (including phenoxy) is 1. The lowest BCUT2D eigenvalue weighted by Gasteiger charge is -2.26. The first-order valence-corrected chi connectivity index (χ1v) is 8.80. The third-order valence-electron chi connectivity index (χ3n) is 4.12. The van der Waals surface area contributed by atoms with Crippen molar-refractivity contribution >= 4 is 28.9 Å². The zero-order chi connectivity index (χ0) is 17.5. The number of anilines is 2. The topological polar surface area (TPSA) is 53.6 Å². The van der Waals surface area contributed by atoms with Crippen molar-refractivity contribution in [1.82, 2.24) is 4.90 Å². The molecule has 0 atom stereocenters. The molecule has 0 spiro atoms. The molecule has 1 saturated heterocycles. The molecule has 1 fully saturated rings. The quantitative estimate of drug-likeness (QED) is 0.830. The Morgan fingerprint density at radius 3 is 2.44 bits per heavy atom. The Hall–Kier alpha value is -2.08. The van der Waals surface area contributed by atoms with E-state index in [1.165, 1.54) is 0 Å². The number of morpholine rings is 1. The fourth-order valence-corrected chi connectivity index (χ4v) is 2.92. The average molecular weight is 360 g/mol. The maximum Gasteiger partial charge on any atom is 0.257 e. The van der Waals surface area contributed by atoms with E-state index >= 15 is 0 Å². The second kappa shape index (κ2) is 8.85. The molecule has 5 nitrogen and oxygen atoms in total. The van der Waals surface area contributed by atoms with Crippen LogP contribution in [0.3, 0.4) is 0 Å². The summed E-state index contributed by atoms with van der Waals surface area (Å²) in [4.78, 5) is 14.6. The number of nitrogens with one attached hydrogen (secondary N) is 2. The highest BCUT2D eigenvalue weighted by Crippen LogP contribution is 2.18. The summed E-state index contributed by atoms with van der Waals surface area (Å²) >= 11 is 6.05. The summed E-state index contributed by atoms with van der Waals surface area (Å²) in [5.74, 6) is -0.210. The summed E-state index contributed by atoms with van der Waals surface area (Å²) in [6.07, 6.45) is 0. The summed E-state index contributed by atoms with van der Waals surface area (Å²) < 4.78 is 5.34. The SMILES string of the molecule is O=C(Nc1ccc(NCCN2CCOCC2)cc1)c1ccccc1Cl. The van der Waals surface area contributed by atoms with Gasteiger partial charge in [0, 0.05) is 37.6 Å². The van der Waals surface area contributed by atoms with E-state index in [1.807, 2.05) is 24.3 Å². The summed E-state index contributed by atoms with van der Waals surface area (Å²) in [5.41, 5.74) is 2.24. The molecular weight excluding hydrogens is 338 g/mol. The van der Waals surface area contributed by atoms with Gasteiger partial charge in [0.2, 0.25) is 0 Å². The van der Waals surface area contributed by atoms with Gasteiger partial charge in [0.15, 0.2) is 0 Å². The van der Waals surface area contributed by atoms with Crippen molar-refractivity contribution < 1.29 is 9.53 Å². The van der Waals surface area contributed by atoms with E-state index in [0.29, 0.717) is 10.6 Å². The van der Waals surface area contributed by atoms with Crippen molar-refractivity contribution in [3.05, 3.63) is 59.1 Å². The maximum atomic E-state index is 12.2. The van der Waals surface area contributed by atoms with Crippen LogP contribution in [-0.2, 0) is 4.74 Å². The Morgan fingerprint density at radius 2 is 1.72 bits per heavy atom. The van der Waals surface area contributed by atoms with Gasteiger partial charge in [-0.25, -0.2) is 0 Å². The number of hydrogen-bond acceptors (Lipinski definition) is 4. The molecule has 3 rings (SSSR count). The van der Waals surface area contributed by atoms with Crippen LogP contribution >= 0.6 is 11.6 Å². The number of amides is 1. The van der Waals surface area contributed by atoms with Crippen LogP contribution in [-0.4, -0.2) is 50.2 Å². The van der Waals surface area contributed by atoms with Crippen LogP contribution in [0.1, 0.15) is 10.4 Å². The van der Waals surface area contributed by atoms with Gasteiger partial charge in [-0.3, -0.25) is 9.69 Å². The standard InChI is InChI=1S/C19H22ClN3O2/c20-18-4-2-1-3-17(18)19(24)22-16-7-5-15(6-8-16)21-9-10-23-11-13-25-14-12-23/h1-8,21H,9-14H2,(H,22,24). The molecule has 1 heterocycles. The Balaban J connectivity index is 1.48. The van der Waals surface area contributed by atoms with Crippen molar-refractivity contribution in [3.8, 4) is 0 Å². The molecule has 2 aromatic carbocycles. The average Bonchev–Trinajstić information content (AvgIpc) is 2.64. The lowest BCUT2D eigenvalue weighted by Crippen LogP contribution is -2.38. The van der Waals surface area contributed by atoms with Gasteiger partial charge >= 0.3 is 0 Å². The smallest absolute Gasteiger partial charge is 0.257 e. The molecule has 2 aromatic rings. The first-order chi connectivity index (χ1) is 12.2. The molecule has 1 aliphatic heterocycles. The number of carbonyl (C=O) groups is 1. The monoisotopic (exact) mass is 359 g/mol. The fourth-order valence-electron chi connectivity index (χ4n) is 2.70. The number of benzene rings is 2. The first kappa shape index (κ1) is 17.7. The van der Waals surface area contributed by atoms with Gasteiger partial charge in [0.05, 0.1) is 23.8 Å². The predicted octanol–water partition coefficient (Wildman–Crippen LogP) is 3.34. The van der Waals surface area contributed by atoms with Crippen molar-refractivity contribution in [3.63, 3.8) is 0 Å². The Kier molecular flexibility index (Phi) is 6.28. The fraction of sp³-hybridized carbons (Fsp3) is 0.316.